The molecule has 30 heavy (non-hydrogen) atoms. The van der Waals surface area contributed by atoms with Crippen LogP contribution in [0.25, 0.3) is 0 Å². The van der Waals surface area contributed by atoms with Gasteiger partial charge in [-0.2, -0.15) is 0 Å². The fourth-order valence-electron chi connectivity index (χ4n) is 2.57. The highest BCUT2D eigenvalue weighted by Gasteiger charge is 1.84. The molecule has 0 saturated carbocycles. The Kier molecular flexibility index (Phi) is 14.9. The van der Waals surface area contributed by atoms with E-state index in [-0.39, 0.29) is 0 Å². The van der Waals surface area contributed by atoms with Crippen LogP contribution in [-0.4, -0.2) is 0 Å². The van der Waals surface area contributed by atoms with Crippen molar-refractivity contribution in [2.45, 2.75) is 40.0 Å². The topological polar surface area (TPSA) is 0 Å². The van der Waals surface area contributed by atoms with Gasteiger partial charge in [0.2, 0.25) is 0 Å². The van der Waals surface area contributed by atoms with E-state index in [4.69, 9.17) is 0 Å². The largest absolute Gasteiger partial charge is 0.0651 e. The van der Waals surface area contributed by atoms with Crippen molar-refractivity contribution in [1.29, 1.82) is 0 Å². The Bertz CT molecular complexity index is 795. The van der Waals surface area contributed by atoms with Crippen molar-refractivity contribution in [1.82, 2.24) is 0 Å². The second-order valence-electron chi connectivity index (χ2n) is 6.88. The third-order valence-electron chi connectivity index (χ3n) is 4.24. The Balaban J connectivity index is 0.000000202. The maximum absolute atomic E-state index is 2.20. The van der Waals surface area contributed by atoms with Crippen LogP contribution in [0.4, 0.5) is 0 Å². The van der Waals surface area contributed by atoms with Gasteiger partial charge in [-0.3, -0.25) is 0 Å². The van der Waals surface area contributed by atoms with Gasteiger partial charge in [0.25, 0.3) is 0 Å². The molecule has 0 saturated heterocycles. The van der Waals surface area contributed by atoms with Gasteiger partial charge in [0.05, 0.1) is 0 Å². The molecule has 0 bridgehead atoms. The number of benzene rings is 4. The summed E-state index contributed by atoms with van der Waals surface area (Å²) in [6.07, 6.45) is 3.59. The molecule has 0 unspecified atom stereocenters. The molecule has 0 spiro atoms. The minimum Gasteiger partial charge on any atom is -0.0651 e. The zero-order chi connectivity index (χ0) is 21.7. The van der Waals surface area contributed by atoms with Gasteiger partial charge in [-0.25, -0.2) is 0 Å². The Labute approximate surface area is 184 Å². The molecule has 0 aromatic heterocycles. The summed E-state index contributed by atoms with van der Waals surface area (Å²) < 4.78 is 0. The lowest BCUT2D eigenvalue weighted by Gasteiger charge is -1.93. The summed E-state index contributed by atoms with van der Waals surface area (Å²) in [6.45, 7) is 6.45. The van der Waals surface area contributed by atoms with E-state index in [1.54, 1.807) is 0 Å². The zero-order valence-electron chi connectivity index (χ0n) is 18.7. The Morgan fingerprint density at radius 1 is 0.433 bits per heavy atom. The molecule has 0 fully saturated rings. The lowest BCUT2D eigenvalue weighted by molar-refractivity contribution is 0.922. The average Bonchev–Trinajstić information content (AvgIpc) is 2.83. The molecule has 0 amide bonds. The summed E-state index contributed by atoms with van der Waals surface area (Å²) in [6, 6.07) is 43.3. The molecule has 0 aliphatic rings. The zero-order valence-corrected chi connectivity index (χ0v) is 18.7. The van der Waals surface area contributed by atoms with Gasteiger partial charge in [0.15, 0.2) is 0 Å². The van der Waals surface area contributed by atoms with Crippen LogP contribution in [0.1, 0.15) is 37.0 Å². The highest BCUT2D eigenvalue weighted by atomic mass is 13.9. The minimum atomic E-state index is 1.14. The van der Waals surface area contributed by atoms with E-state index in [1.165, 1.54) is 29.5 Å². The van der Waals surface area contributed by atoms with Crippen molar-refractivity contribution < 1.29 is 0 Å². The van der Waals surface area contributed by atoms with Crippen LogP contribution in [0.2, 0.25) is 0 Å². The maximum atomic E-state index is 2.20. The van der Waals surface area contributed by atoms with Crippen LogP contribution < -0.4 is 0 Å². The number of rotatable bonds is 3. The molecule has 156 valence electrons. The van der Waals surface area contributed by atoms with Crippen LogP contribution in [0.3, 0.4) is 0 Å². The molecule has 0 aliphatic heterocycles. The van der Waals surface area contributed by atoms with Crippen LogP contribution in [0.5, 0.6) is 0 Å². The first-order chi connectivity index (χ1) is 14.8. The summed E-state index contributed by atoms with van der Waals surface area (Å²) in [5.41, 5.74) is 4.18. The summed E-state index contributed by atoms with van der Waals surface area (Å²) in [7, 11) is 0. The van der Waals surface area contributed by atoms with Gasteiger partial charge in [-0.15, -0.1) is 0 Å². The van der Waals surface area contributed by atoms with E-state index in [0.717, 1.165) is 6.42 Å². The quantitative estimate of drug-likeness (QED) is 0.325. The van der Waals surface area contributed by atoms with Crippen molar-refractivity contribution in [2.24, 2.45) is 0 Å². The van der Waals surface area contributed by atoms with Crippen molar-refractivity contribution in [2.75, 3.05) is 0 Å². The molecular weight excluding hydrogens is 360 g/mol. The molecule has 0 heterocycles. The standard InChI is InChI=1S/C9H12.C8H10.C7H8.C6H6/c1-2-6-9-7-4-3-5-8-9;1-2-8-6-4-3-5-7-8;1-7-5-3-2-4-6-7;1-2-4-6-5-3-1/h3-5,7-8H,2,6H2,1H3;3-7H,2H2,1H3;2-6H,1H3;1-6H. The van der Waals surface area contributed by atoms with Gasteiger partial charge in [-0.1, -0.05) is 153 Å². The molecule has 0 atom stereocenters. The molecule has 4 rings (SSSR count). The van der Waals surface area contributed by atoms with E-state index in [9.17, 15) is 0 Å². The third kappa shape index (κ3) is 14.0. The van der Waals surface area contributed by atoms with Crippen molar-refractivity contribution >= 4 is 0 Å². The predicted octanol–water partition coefficient (Wildman–Crippen LogP) is 8.57. The first-order valence-corrected chi connectivity index (χ1v) is 10.9. The SMILES string of the molecule is CCCc1ccccc1.CCc1ccccc1.Cc1ccccc1.c1ccccc1. The van der Waals surface area contributed by atoms with Crippen LogP contribution >= 0.6 is 0 Å². The highest BCUT2D eigenvalue weighted by Crippen LogP contribution is 2.00. The Morgan fingerprint density at radius 2 is 0.767 bits per heavy atom. The van der Waals surface area contributed by atoms with Crippen LogP contribution in [-0.2, 0) is 12.8 Å². The second-order valence-corrected chi connectivity index (χ2v) is 6.88. The molecule has 4 aromatic rings. The lowest BCUT2D eigenvalue weighted by atomic mass is 10.1. The Hall–Kier alpha value is -3.12. The number of aryl methyl sites for hydroxylation is 3. The van der Waals surface area contributed by atoms with E-state index in [0.29, 0.717) is 0 Å². The maximum Gasteiger partial charge on any atom is -0.0281 e. The average molecular weight is 397 g/mol. The predicted molar refractivity (Wildman–Crippen MR) is 134 cm³/mol. The normalized spacial score (nSPS) is 8.90. The third-order valence-corrected chi connectivity index (χ3v) is 4.24. The number of hydrogen-bond donors (Lipinski definition) is 0. The molecule has 0 nitrogen and oxygen atoms in total. The number of hydrogen-bond acceptors (Lipinski definition) is 0. The summed E-state index contributed by atoms with van der Waals surface area (Å²) in [5.74, 6) is 0. The van der Waals surface area contributed by atoms with E-state index >= 15 is 0 Å². The summed E-state index contributed by atoms with van der Waals surface area (Å²) in [5, 5.41) is 0. The van der Waals surface area contributed by atoms with E-state index in [2.05, 4.69) is 87.5 Å². The van der Waals surface area contributed by atoms with E-state index in [1.807, 2.05) is 60.7 Å². The van der Waals surface area contributed by atoms with Gasteiger partial charge >= 0.3 is 0 Å². The first kappa shape index (κ1) is 24.9. The van der Waals surface area contributed by atoms with Crippen molar-refractivity contribution in [3.05, 3.63) is 144 Å². The van der Waals surface area contributed by atoms with Crippen molar-refractivity contribution in [3.63, 3.8) is 0 Å². The van der Waals surface area contributed by atoms with Crippen LogP contribution in [0.15, 0.2) is 127 Å². The van der Waals surface area contributed by atoms with Gasteiger partial charge < -0.3 is 0 Å². The fourth-order valence-corrected chi connectivity index (χ4v) is 2.57. The smallest absolute Gasteiger partial charge is 0.0281 e. The molecule has 0 aliphatic carbocycles. The lowest BCUT2D eigenvalue weighted by Crippen LogP contribution is -1.78. The molecule has 0 radical (unpaired) electrons. The van der Waals surface area contributed by atoms with Gasteiger partial charge in [0.1, 0.15) is 0 Å². The van der Waals surface area contributed by atoms with Gasteiger partial charge in [0, 0.05) is 0 Å². The molecular formula is C30H36. The van der Waals surface area contributed by atoms with E-state index < -0.39 is 0 Å². The van der Waals surface area contributed by atoms with Crippen LogP contribution in [0, 0.1) is 6.92 Å². The molecule has 0 N–H and O–H groups in total. The molecule has 0 heteroatoms. The minimum absolute atomic E-state index is 1.14. The monoisotopic (exact) mass is 396 g/mol. The molecule has 4 aromatic carbocycles. The Morgan fingerprint density at radius 3 is 1.03 bits per heavy atom. The highest BCUT2D eigenvalue weighted by molar-refractivity contribution is 5.15. The van der Waals surface area contributed by atoms with Gasteiger partial charge in [-0.05, 0) is 30.9 Å². The first-order valence-electron chi connectivity index (χ1n) is 10.9. The van der Waals surface area contributed by atoms with Crippen molar-refractivity contribution in [3.8, 4) is 0 Å². The fraction of sp³-hybridized carbons (Fsp3) is 0.200. The summed E-state index contributed by atoms with van der Waals surface area (Å²) in [4.78, 5) is 0. The second kappa shape index (κ2) is 17.9. The summed E-state index contributed by atoms with van der Waals surface area (Å²) >= 11 is 0.